The van der Waals surface area contributed by atoms with Crippen molar-refractivity contribution in [2.45, 2.75) is 63.6 Å². The van der Waals surface area contributed by atoms with Gasteiger partial charge in [0, 0.05) is 23.9 Å². The maximum Gasteiger partial charge on any atom is 0.341 e. The first-order chi connectivity index (χ1) is 18.5. The van der Waals surface area contributed by atoms with Crippen molar-refractivity contribution in [1.82, 2.24) is 14.8 Å². The number of benzene rings is 1. The topological polar surface area (TPSA) is 86.1 Å². The van der Waals surface area contributed by atoms with Gasteiger partial charge in [0.1, 0.15) is 16.4 Å². The Morgan fingerprint density at radius 3 is 2.42 bits per heavy atom. The van der Waals surface area contributed by atoms with Gasteiger partial charge in [-0.25, -0.2) is 4.79 Å². The van der Waals surface area contributed by atoms with Gasteiger partial charge in [-0.05, 0) is 74.2 Å². The van der Waals surface area contributed by atoms with Crippen LogP contribution in [0, 0.1) is 23.2 Å². The lowest BCUT2D eigenvalue weighted by Gasteiger charge is -2.56. The number of carbonyl (C=O) groups excluding carboxylic acids is 2. The van der Waals surface area contributed by atoms with E-state index in [2.05, 4.69) is 27.0 Å². The molecular weight excluding hydrogens is 516 g/mol. The van der Waals surface area contributed by atoms with E-state index in [0.717, 1.165) is 52.8 Å². The molecule has 4 aliphatic carbocycles. The van der Waals surface area contributed by atoms with Crippen LogP contribution in [0.4, 0.5) is 5.00 Å². The Labute approximate surface area is 231 Å². The molecule has 9 heteroatoms. The fourth-order valence-electron chi connectivity index (χ4n) is 7.59. The Morgan fingerprint density at radius 2 is 1.79 bits per heavy atom. The molecular formula is C29H34N4O3S2. The monoisotopic (exact) mass is 550 g/mol. The van der Waals surface area contributed by atoms with Gasteiger partial charge in [0.05, 0.1) is 12.9 Å². The molecule has 0 saturated heterocycles. The molecule has 7 nitrogen and oxygen atoms in total. The second kappa shape index (κ2) is 10.5. The molecule has 0 unspecified atom stereocenters. The molecule has 7 rings (SSSR count). The Kier molecular flexibility index (Phi) is 7.07. The van der Waals surface area contributed by atoms with Crippen molar-refractivity contribution in [3.63, 3.8) is 0 Å². The van der Waals surface area contributed by atoms with Crippen LogP contribution < -0.4 is 5.32 Å². The van der Waals surface area contributed by atoms with Crippen molar-refractivity contribution >= 4 is 40.0 Å². The highest BCUT2D eigenvalue weighted by Gasteiger charge is 2.51. The maximum absolute atomic E-state index is 13.0. The highest BCUT2D eigenvalue weighted by Crippen LogP contribution is 2.61. The maximum atomic E-state index is 13.0. The van der Waals surface area contributed by atoms with Crippen molar-refractivity contribution in [2.24, 2.45) is 23.2 Å². The molecule has 4 aliphatic rings. The molecule has 200 valence electrons. The first-order valence-electron chi connectivity index (χ1n) is 13.6. The third-order valence-corrected chi connectivity index (χ3v) is 10.5. The fraction of sp³-hybridized carbons (Fsp3) is 0.517. The number of hydrogen-bond acceptors (Lipinski definition) is 7. The first kappa shape index (κ1) is 25.6. The largest absolute Gasteiger partial charge is 0.465 e. The van der Waals surface area contributed by atoms with E-state index in [1.165, 1.54) is 68.7 Å². The number of carbonyl (C=O) groups is 2. The second-order valence-corrected chi connectivity index (χ2v) is 13.1. The van der Waals surface area contributed by atoms with Crippen LogP contribution in [0.15, 0.2) is 40.9 Å². The summed E-state index contributed by atoms with van der Waals surface area (Å²) in [7, 11) is 1.36. The summed E-state index contributed by atoms with van der Waals surface area (Å²) in [6, 6.07) is 9.65. The number of anilines is 1. The number of amides is 1. The van der Waals surface area contributed by atoms with Gasteiger partial charge >= 0.3 is 5.97 Å². The Morgan fingerprint density at radius 1 is 1.11 bits per heavy atom. The molecule has 0 radical (unpaired) electrons. The minimum absolute atomic E-state index is 0.185. The molecule has 1 amide bonds. The summed E-state index contributed by atoms with van der Waals surface area (Å²) in [5.74, 6) is 3.33. The molecule has 2 heterocycles. The third kappa shape index (κ3) is 4.91. The number of esters is 1. The molecule has 1 N–H and O–H groups in total. The molecule has 0 atom stereocenters. The summed E-state index contributed by atoms with van der Waals surface area (Å²) in [5.41, 5.74) is 2.44. The predicted molar refractivity (Wildman–Crippen MR) is 150 cm³/mol. The van der Waals surface area contributed by atoms with Crippen molar-refractivity contribution < 1.29 is 14.3 Å². The number of ether oxygens (including phenoxy) is 1. The number of nitrogens with zero attached hydrogens (tertiary/aromatic N) is 3. The van der Waals surface area contributed by atoms with Crippen LogP contribution in [0.2, 0.25) is 0 Å². The lowest BCUT2D eigenvalue weighted by atomic mass is 9.49. The molecule has 0 spiro atoms. The van der Waals surface area contributed by atoms with Gasteiger partial charge in [-0.3, -0.25) is 4.79 Å². The third-order valence-electron chi connectivity index (χ3n) is 8.66. The zero-order valence-electron chi connectivity index (χ0n) is 21.9. The smallest absolute Gasteiger partial charge is 0.341 e. The van der Waals surface area contributed by atoms with E-state index < -0.39 is 5.97 Å². The Bertz CT molecular complexity index is 1300. The summed E-state index contributed by atoms with van der Waals surface area (Å²) in [4.78, 5) is 25.6. The van der Waals surface area contributed by atoms with E-state index in [0.29, 0.717) is 16.0 Å². The van der Waals surface area contributed by atoms with Crippen LogP contribution in [0.25, 0.3) is 11.1 Å². The summed E-state index contributed by atoms with van der Waals surface area (Å²) in [6.45, 7) is 2.91. The van der Waals surface area contributed by atoms with E-state index in [9.17, 15) is 9.59 Å². The normalized spacial score (nSPS) is 25.5. The minimum Gasteiger partial charge on any atom is -0.465 e. The van der Waals surface area contributed by atoms with E-state index in [1.54, 1.807) is 0 Å². The number of methoxy groups -OCH3 is 1. The zero-order valence-corrected chi connectivity index (χ0v) is 23.6. The summed E-state index contributed by atoms with van der Waals surface area (Å²) in [6.07, 6.45) is 9.34. The van der Waals surface area contributed by atoms with Crippen molar-refractivity contribution in [3.8, 4) is 11.1 Å². The first-order valence-corrected chi connectivity index (χ1v) is 15.4. The number of hydrogen-bond donors (Lipinski definition) is 1. The van der Waals surface area contributed by atoms with Crippen molar-refractivity contribution in [1.29, 1.82) is 0 Å². The molecule has 0 aliphatic heterocycles. The van der Waals surface area contributed by atoms with Gasteiger partial charge < -0.3 is 14.6 Å². The predicted octanol–water partition coefficient (Wildman–Crippen LogP) is 6.30. The molecule has 4 fully saturated rings. The standard InChI is InChI=1S/C29H34N4O3S2/c1-3-33-23(15-29-12-18-9-19(13-29)11-20(10-18)14-29)31-32-28(33)38-17-24(34)30-26-25(27(35)36-2)22(16-37-26)21-7-5-4-6-8-21/h4-8,16,18-20H,3,9-15,17H2,1-2H3,(H,30,34). The minimum atomic E-state index is -0.465. The molecule has 38 heavy (non-hydrogen) atoms. The molecule has 4 bridgehead atoms. The second-order valence-electron chi connectivity index (χ2n) is 11.3. The lowest BCUT2D eigenvalue weighted by Crippen LogP contribution is -2.47. The lowest BCUT2D eigenvalue weighted by molar-refractivity contribution is -0.113. The average molecular weight is 551 g/mol. The highest BCUT2D eigenvalue weighted by atomic mass is 32.2. The van der Waals surface area contributed by atoms with Gasteiger partial charge in [-0.2, -0.15) is 0 Å². The quantitative estimate of drug-likeness (QED) is 0.248. The Hall–Kier alpha value is -2.65. The van der Waals surface area contributed by atoms with Crippen LogP contribution in [-0.2, 0) is 22.5 Å². The number of thiophene rings is 1. The van der Waals surface area contributed by atoms with Crippen molar-refractivity contribution in [3.05, 3.63) is 47.1 Å². The van der Waals surface area contributed by atoms with Gasteiger partial charge in [0.15, 0.2) is 5.16 Å². The summed E-state index contributed by atoms with van der Waals surface area (Å²) >= 11 is 2.73. The SMILES string of the molecule is CCn1c(CC23CC4CC(CC(C4)C2)C3)nnc1SCC(=O)Nc1scc(-c2ccccc2)c1C(=O)OC. The average Bonchev–Trinajstić information content (AvgIpc) is 3.49. The van der Waals surface area contributed by atoms with Crippen molar-refractivity contribution in [2.75, 3.05) is 18.2 Å². The summed E-state index contributed by atoms with van der Waals surface area (Å²) in [5, 5.41) is 15.2. The Balaban J connectivity index is 1.13. The van der Waals surface area contributed by atoms with Gasteiger partial charge in [0.25, 0.3) is 0 Å². The van der Waals surface area contributed by atoms with Crippen LogP contribution in [0.3, 0.4) is 0 Å². The van der Waals surface area contributed by atoms with Crippen LogP contribution in [0.5, 0.6) is 0 Å². The van der Waals surface area contributed by atoms with E-state index in [1.807, 2.05) is 35.7 Å². The van der Waals surface area contributed by atoms with Crippen LogP contribution in [0.1, 0.15) is 61.6 Å². The number of nitrogens with one attached hydrogen (secondary N) is 1. The molecule has 3 aromatic rings. The molecule has 2 aromatic heterocycles. The summed E-state index contributed by atoms with van der Waals surface area (Å²) < 4.78 is 7.22. The number of rotatable bonds is 9. The van der Waals surface area contributed by atoms with E-state index >= 15 is 0 Å². The van der Waals surface area contributed by atoms with Gasteiger partial charge in [-0.15, -0.1) is 21.5 Å². The van der Waals surface area contributed by atoms with E-state index in [4.69, 9.17) is 4.74 Å². The highest BCUT2D eigenvalue weighted by molar-refractivity contribution is 7.99. The molecule has 1 aromatic carbocycles. The fourth-order valence-corrected chi connectivity index (χ4v) is 9.39. The van der Waals surface area contributed by atoms with Crippen LogP contribution >= 0.6 is 23.1 Å². The number of thioether (sulfide) groups is 1. The zero-order chi connectivity index (χ0) is 26.3. The molecule has 4 saturated carbocycles. The van der Waals surface area contributed by atoms with E-state index in [-0.39, 0.29) is 11.7 Å². The number of aromatic nitrogens is 3. The van der Waals surface area contributed by atoms with Gasteiger partial charge in [0.2, 0.25) is 5.91 Å². The van der Waals surface area contributed by atoms with Gasteiger partial charge in [-0.1, -0.05) is 42.1 Å². The van der Waals surface area contributed by atoms with Crippen LogP contribution in [-0.4, -0.2) is 39.5 Å².